The highest BCUT2D eigenvalue weighted by Gasteiger charge is 2.28. The number of hydrogen-bond donors (Lipinski definition) is 2. The fraction of sp³-hybridized carbons (Fsp3) is 0.464. The summed E-state index contributed by atoms with van der Waals surface area (Å²) in [5.74, 6) is 0.334. The molecule has 1 aliphatic rings. The molecule has 4 nitrogen and oxygen atoms in total. The van der Waals surface area contributed by atoms with Crippen LogP contribution in [0.5, 0.6) is 11.5 Å². The van der Waals surface area contributed by atoms with Crippen molar-refractivity contribution in [3.05, 3.63) is 63.8 Å². The molecule has 2 rings (SSSR count). The molecule has 0 unspecified atom stereocenters. The Morgan fingerprint density at radius 1 is 1.03 bits per heavy atom. The lowest BCUT2D eigenvalue weighted by Gasteiger charge is -2.33. The lowest BCUT2D eigenvalue weighted by molar-refractivity contribution is -0.132. The van der Waals surface area contributed by atoms with E-state index >= 15 is 0 Å². The van der Waals surface area contributed by atoms with Crippen molar-refractivity contribution in [1.29, 1.82) is 0 Å². The van der Waals surface area contributed by atoms with E-state index in [1.54, 1.807) is 6.07 Å². The number of carboxylic acid groups (broad SMARTS) is 1. The summed E-state index contributed by atoms with van der Waals surface area (Å²) in [6, 6.07) is 1.76. The molecule has 0 aromatic heterocycles. The maximum absolute atomic E-state index is 11.4. The minimum atomic E-state index is -0.818. The Morgan fingerprint density at radius 2 is 1.72 bits per heavy atom. The number of fused-ring (bicyclic) bond motifs is 1. The Balaban J connectivity index is 1.91. The number of allylic oxidation sites excluding steroid dienone is 5. The highest BCUT2D eigenvalue weighted by molar-refractivity contribution is 5.86. The van der Waals surface area contributed by atoms with Gasteiger partial charge >= 0.3 is 5.97 Å². The van der Waals surface area contributed by atoms with Crippen LogP contribution in [0.1, 0.15) is 82.9 Å². The Morgan fingerprint density at radius 3 is 2.38 bits per heavy atom. The molecule has 0 spiro atoms. The Bertz CT molecular complexity index is 958. The zero-order valence-corrected chi connectivity index (χ0v) is 20.4. The molecule has 4 heteroatoms. The lowest BCUT2D eigenvalue weighted by atomic mass is 9.92. The zero-order valence-electron chi connectivity index (χ0n) is 20.4. The standard InChI is InChI=1S/C28H38O4/c1-19(2)10-7-13-23(27(30)31)14-8-11-20(3)12-9-16-28(6)17-15-24-18-25(29)21(4)22(5)26(24)32-28/h10,12,14-15,17-18,29H,7-9,11,13,16H2,1-6H3,(H,30,31)/b20-12+,23-14-/t28-/m0/s1. The summed E-state index contributed by atoms with van der Waals surface area (Å²) in [7, 11) is 0. The van der Waals surface area contributed by atoms with Crippen LogP contribution in [-0.2, 0) is 4.79 Å². The molecule has 174 valence electrons. The van der Waals surface area contributed by atoms with Crippen LogP contribution >= 0.6 is 0 Å². The van der Waals surface area contributed by atoms with E-state index in [0.717, 1.165) is 54.5 Å². The van der Waals surface area contributed by atoms with E-state index in [2.05, 4.69) is 32.1 Å². The molecule has 2 N–H and O–H groups in total. The number of aliphatic carboxylic acids is 1. The van der Waals surface area contributed by atoms with Gasteiger partial charge in [-0.1, -0.05) is 35.5 Å². The molecule has 0 saturated carbocycles. The van der Waals surface area contributed by atoms with Gasteiger partial charge in [-0.25, -0.2) is 4.79 Å². The predicted molar refractivity (Wildman–Crippen MR) is 132 cm³/mol. The predicted octanol–water partition coefficient (Wildman–Crippen LogP) is 7.44. The summed E-state index contributed by atoms with van der Waals surface area (Å²) in [6.07, 6.45) is 14.9. The lowest BCUT2D eigenvalue weighted by Crippen LogP contribution is -2.32. The van der Waals surface area contributed by atoms with Crippen LogP contribution in [0.15, 0.2) is 47.1 Å². The zero-order chi connectivity index (χ0) is 23.9. The first-order chi connectivity index (χ1) is 15.0. The van der Waals surface area contributed by atoms with Gasteiger partial charge in [-0.15, -0.1) is 0 Å². The van der Waals surface area contributed by atoms with Gasteiger partial charge in [0.05, 0.1) is 0 Å². The molecule has 0 fully saturated rings. The Hall–Kier alpha value is -2.75. The van der Waals surface area contributed by atoms with Crippen molar-refractivity contribution >= 4 is 12.0 Å². The number of phenols is 1. The first-order valence-corrected chi connectivity index (χ1v) is 11.4. The van der Waals surface area contributed by atoms with Crippen LogP contribution in [0.25, 0.3) is 6.08 Å². The highest BCUT2D eigenvalue weighted by Crippen LogP contribution is 2.40. The van der Waals surface area contributed by atoms with Gasteiger partial charge in [0, 0.05) is 11.1 Å². The largest absolute Gasteiger partial charge is 0.508 e. The second-order valence-corrected chi connectivity index (χ2v) is 9.29. The molecule has 0 aliphatic carbocycles. The third-order valence-electron chi connectivity index (χ3n) is 6.10. The van der Waals surface area contributed by atoms with Gasteiger partial charge < -0.3 is 14.9 Å². The van der Waals surface area contributed by atoms with Crippen molar-refractivity contribution in [3.63, 3.8) is 0 Å². The van der Waals surface area contributed by atoms with E-state index in [1.807, 2.05) is 39.8 Å². The number of rotatable bonds is 10. The van der Waals surface area contributed by atoms with Crippen molar-refractivity contribution in [3.8, 4) is 11.5 Å². The third kappa shape index (κ3) is 7.15. The van der Waals surface area contributed by atoms with Gasteiger partial charge in [0.2, 0.25) is 0 Å². The molecule has 1 heterocycles. The third-order valence-corrected chi connectivity index (χ3v) is 6.10. The molecular formula is C28H38O4. The average Bonchev–Trinajstić information content (AvgIpc) is 2.71. The average molecular weight is 439 g/mol. The van der Waals surface area contributed by atoms with Gasteiger partial charge in [0.1, 0.15) is 17.1 Å². The van der Waals surface area contributed by atoms with Crippen LogP contribution in [0, 0.1) is 13.8 Å². The number of aromatic hydroxyl groups is 1. The molecule has 0 radical (unpaired) electrons. The minimum Gasteiger partial charge on any atom is -0.508 e. The topological polar surface area (TPSA) is 66.8 Å². The van der Waals surface area contributed by atoms with E-state index in [9.17, 15) is 15.0 Å². The molecule has 1 aromatic rings. The van der Waals surface area contributed by atoms with E-state index in [-0.39, 0.29) is 5.60 Å². The minimum absolute atomic E-state index is 0.300. The Labute approximate surface area is 193 Å². The fourth-order valence-electron chi connectivity index (χ4n) is 3.82. The number of hydrogen-bond acceptors (Lipinski definition) is 3. The van der Waals surface area contributed by atoms with Crippen molar-refractivity contribution in [2.45, 2.75) is 85.7 Å². The van der Waals surface area contributed by atoms with Crippen LogP contribution in [0.3, 0.4) is 0 Å². The summed E-state index contributed by atoms with van der Waals surface area (Å²) < 4.78 is 6.35. The van der Waals surface area contributed by atoms with E-state index in [4.69, 9.17) is 4.74 Å². The summed E-state index contributed by atoms with van der Waals surface area (Å²) in [5.41, 5.74) is 5.33. The van der Waals surface area contributed by atoms with Gasteiger partial charge in [-0.05, 0) is 103 Å². The monoisotopic (exact) mass is 438 g/mol. The van der Waals surface area contributed by atoms with Crippen LogP contribution in [-0.4, -0.2) is 21.8 Å². The van der Waals surface area contributed by atoms with Gasteiger partial charge in [0.25, 0.3) is 0 Å². The SMILES string of the molecule is CC(C)=CCC/C(=C/CC/C(C)=C/CC[C@@]1(C)C=Cc2cc(O)c(C)c(C)c2O1)C(=O)O. The van der Waals surface area contributed by atoms with Crippen molar-refractivity contribution in [2.24, 2.45) is 0 Å². The molecule has 0 amide bonds. The van der Waals surface area contributed by atoms with Crippen LogP contribution < -0.4 is 4.74 Å². The molecule has 1 aromatic carbocycles. The quantitative estimate of drug-likeness (QED) is 0.294. The number of phenolic OH excluding ortho intramolecular Hbond substituents is 1. The van der Waals surface area contributed by atoms with Crippen molar-refractivity contribution < 1.29 is 19.7 Å². The van der Waals surface area contributed by atoms with E-state index in [1.165, 1.54) is 11.1 Å². The molecule has 1 atom stereocenters. The smallest absolute Gasteiger partial charge is 0.331 e. The normalized spacial score (nSPS) is 18.2. The Kier molecular flexibility index (Phi) is 8.94. The van der Waals surface area contributed by atoms with Crippen LogP contribution in [0.4, 0.5) is 0 Å². The first-order valence-electron chi connectivity index (χ1n) is 11.4. The molecule has 0 bridgehead atoms. The van der Waals surface area contributed by atoms with E-state index in [0.29, 0.717) is 17.7 Å². The second kappa shape index (κ2) is 11.2. The van der Waals surface area contributed by atoms with Gasteiger partial charge in [-0.2, -0.15) is 0 Å². The summed E-state index contributed by atoms with van der Waals surface area (Å²) in [6.45, 7) is 12.1. The molecule has 1 aliphatic heterocycles. The highest BCUT2D eigenvalue weighted by atomic mass is 16.5. The number of ether oxygens (including phenoxy) is 1. The molecule has 0 saturated heterocycles. The maximum atomic E-state index is 11.4. The van der Waals surface area contributed by atoms with Crippen molar-refractivity contribution in [2.75, 3.05) is 0 Å². The summed E-state index contributed by atoms with van der Waals surface area (Å²) >= 11 is 0. The van der Waals surface area contributed by atoms with Crippen molar-refractivity contribution in [1.82, 2.24) is 0 Å². The number of carbonyl (C=O) groups is 1. The van der Waals surface area contributed by atoms with Gasteiger partial charge in [-0.3, -0.25) is 0 Å². The summed E-state index contributed by atoms with van der Waals surface area (Å²) in [4.78, 5) is 11.4. The maximum Gasteiger partial charge on any atom is 0.331 e. The number of benzene rings is 1. The first kappa shape index (κ1) is 25.5. The van der Waals surface area contributed by atoms with Crippen LogP contribution in [0.2, 0.25) is 0 Å². The number of carboxylic acids is 1. The molecular weight excluding hydrogens is 400 g/mol. The second-order valence-electron chi connectivity index (χ2n) is 9.29. The van der Waals surface area contributed by atoms with Gasteiger partial charge in [0.15, 0.2) is 0 Å². The van der Waals surface area contributed by atoms with E-state index < -0.39 is 5.97 Å². The molecule has 32 heavy (non-hydrogen) atoms. The summed E-state index contributed by atoms with van der Waals surface area (Å²) in [5, 5.41) is 19.5. The fourth-order valence-corrected chi connectivity index (χ4v) is 3.82.